The van der Waals surface area contributed by atoms with E-state index in [1.807, 2.05) is 12.1 Å². The minimum atomic E-state index is -0.335. The maximum Gasteiger partial charge on any atom is 0.293 e. The molecule has 1 unspecified atom stereocenters. The fraction of sp³-hybridized carbons (Fsp3) is 0.350. The van der Waals surface area contributed by atoms with Crippen LogP contribution in [0.1, 0.15) is 32.6 Å². The maximum absolute atomic E-state index is 11.8. The molecule has 3 heterocycles. The quantitative estimate of drug-likeness (QED) is 0.476. The van der Waals surface area contributed by atoms with Crippen molar-refractivity contribution in [1.82, 2.24) is 15.1 Å². The zero-order valence-corrected chi connectivity index (χ0v) is 15.6. The lowest BCUT2D eigenvalue weighted by molar-refractivity contribution is -0.384. The van der Waals surface area contributed by atoms with E-state index in [0.29, 0.717) is 23.1 Å². The lowest BCUT2D eigenvalue weighted by Crippen LogP contribution is -2.39. The molecule has 0 N–H and O–H groups in total. The highest BCUT2D eigenvalue weighted by Crippen LogP contribution is 2.36. The molecule has 1 saturated heterocycles. The van der Waals surface area contributed by atoms with Crippen LogP contribution in [0.5, 0.6) is 0 Å². The van der Waals surface area contributed by atoms with Gasteiger partial charge in [-0.15, -0.1) is 0 Å². The molecule has 1 aliphatic heterocycles. The Hall–Kier alpha value is -3.29. The van der Waals surface area contributed by atoms with E-state index in [2.05, 4.69) is 26.9 Å². The Kier molecular flexibility index (Phi) is 5.01. The van der Waals surface area contributed by atoms with E-state index in [4.69, 9.17) is 4.52 Å². The van der Waals surface area contributed by atoms with Gasteiger partial charge in [0.2, 0.25) is 5.82 Å². The van der Waals surface area contributed by atoms with E-state index in [1.54, 1.807) is 24.5 Å². The molecule has 1 aromatic carbocycles. The zero-order valence-electron chi connectivity index (χ0n) is 15.6. The second kappa shape index (κ2) is 7.75. The van der Waals surface area contributed by atoms with Crippen molar-refractivity contribution in [2.75, 3.05) is 11.4 Å². The molecule has 2 aromatic heterocycles. The van der Waals surface area contributed by atoms with Crippen molar-refractivity contribution < 1.29 is 9.45 Å². The van der Waals surface area contributed by atoms with Gasteiger partial charge in [0.1, 0.15) is 5.69 Å². The number of pyridine rings is 1. The molecule has 0 amide bonds. The van der Waals surface area contributed by atoms with Gasteiger partial charge >= 0.3 is 0 Å². The van der Waals surface area contributed by atoms with Crippen molar-refractivity contribution in [3.63, 3.8) is 0 Å². The Balaban J connectivity index is 1.69. The van der Waals surface area contributed by atoms with Gasteiger partial charge in [0.05, 0.1) is 4.92 Å². The summed E-state index contributed by atoms with van der Waals surface area (Å²) in [6.07, 6.45) is 7.55. The highest BCUT2D eigenvalue weighted by Gasteiger charge is 2.28. The van der Waals surface area contributed by atoms with Gasteiger partial charge in [0.15, 0.2) is 0 Å². The highest BCUT2D eigenvalue weighted by atomic mass is 16.6. The van der Waals surface area contributed by atoms with Gasteiger partial charge in [-0.3, -0.25) is 15.1 Å². The number of anilines is 1. The number of nitro groups is 1. The first-order valence-electron chi connectivity index (χ1n) is 9.47. The number of hydrogen-bond donors (Lipinski definition) is 0. The summed E-state index contributed by atoms with van der Waals surface area (Å²) in [5.41, 5.74) is 1.98. The number of hydrogen-bond acceptors (Lipinski definition) is 7. The Morgan fingerprint density at radius 1 is 1.29 bits per heavy atom. The van der Waals surface area contributed by atoms with Crippen molar-refractivity contribution in [1.29, 1.82) is 0 Å². The molecule has 1 aliphatic rings. The Morgan fingerprint density at radius 2 is 2.18 bits per heavy atom. The first-order chi connectivity index (χ1) is 13.7. The largest absolute Gasteiger partial charge is 0.363 e. The molecule has 1 atom stereocenters. The van der Waals surface area contributed by atoms with E-state index in [-0.39, 0.29) is 16.5 Å². The molecule has 8 heteroatoms. The van der Waals surface area contributed by atoms with E-state index in [9.17, 15) is 10.1 Å². The summed E-state index contributed by atoms with van der Waals surface area (Å²) in [6, 6.07) is 9.08. The zero-order chi connectivity index (χ0) is 19.5. The fourth-order valence-corrected chi connectivity index (χ4v) is 3.74. The lowest BCUT2D eigenvalue weighted by Gasteiger charge is -2.36. The van der Waals surface area contributed by atoms with Crippen LogP contribution in [0.15, 0.2) is 47.2 Å². The molecular weight excluding hydrogens is 358 g/mol. The topological polar surface area (TPSA) is 98.2 Å². The van der Waals surface area contributed by atoms with Gasteiger partial charge in [-0.05, 0) is 49.9 Å². The number of nitro benzene ring substituents is 1. The van der Waals surface area contributed by atoms with Crippen molar-refractivity contribution in [3.05, 3.63) is 52.8 Å². The van der Waals surface area contributed by atoms with Crippen molar-refractivity contribution >= 4 is 11.4 Å². The van der Waals surface area contributed by atoms with E-state index in [0.717, 1.165) is 31.4 Å². The molecule has 144 valence electrons. The Bertz CT molecular complexity index is 973. The molecule has 0 saturated carbocycles. The second-order valence-corrected chi connectivity index (χ2v) is 6.88. The third-order valence-electron chi connectivity index (χ3n) is 5.17. The highest BCUT2D eigenvalue weighted by molar-refractivity contribution is 5.72. The number of benzene rings is 1. The van der Waals surface area contributed by atoms with Gasteiger partial charge < -0.3 is 9.42 Å². The van der Waals surface area contributed by atoms with E-state index < -0.39 is 0 Å². The molecule has 0 bridgehead atoms. The predicted octanol–water partition coefficient (Wildman–Crippen LogP) is 4.48. The third-order valence-corrected chi connectivity index (χ3v) is 5.17. The molecule has 4 rings (SSSR count). The first-order valence-corrected chi connectivity index (χ1v) is 9.47. The molecule has 3 aromatic rings. The van der Waals surface area contributed by atoms with Gasteiger partial charge in [-0.25, -0.2) is 0 Å². The van der Waals surface area contributed by atoms with Crippen LogP contribution >= 0.6 is 0 Å². The molecule has 0 radical (unpaired) electrons. The van der Waals surface area contributed by atoms with Gasteiger partial charge in [0.25, 0.3) is 11.6 Å². The second-order valence-electron chi connectivity index (χ2n) is 6.88. The van der Waals surface area contributed by atoms with Crippen LogP contribution in [-0.4, -0.2) is 32.6 Å². The lowest BCUT2D eigenvalue weighted by atomic mass is 9.98. The molecule has 8 nitrogen and oxygen atoms in total. The van der Waals surface area contributed by atoms with Crippen molar-refractivity contribution in [3.8, 4) is 22.8 Å². The number of rotatable bonds is 5. The third kappa shape index (κ3) is 3.45. The van der Waals surface area contributed by atoms with Gasteiger partial charge in [-0.1, -0.05) is 12.1 Å². The van der Waals surface area contributed by atoms with E-state index in [1.165, 1.54) is 12.5 Å². The Labute approximate surface area is 162 Å². The Morgan fingerprint density at radius 3 is 2.93 bits per heavy atom. The number of aromatic nitrogens is 3. The predicted molar refractivity (Wildman–Crippen MR) is 105 cm³/mol. The van der Waals surface area contributed by atoms with Gasteiger partial charge in [-0.2, -0.15) is 4.98 Å². The van der Waals surface area contributed by atoms with Crippen molar-refractivity contribution in [2.45, 2.75) is 38.6 Å². The molecule has 28 heavy (non-hydrogen) atoms. The van der Waals surface area contributed by atoms with Crippen LogP contribution in [0.4, 0.5) is 11.4 Å². The molecule has 0 aliphatic carbocycles. The number of nitrogens with zero attached hydrogens (tertiary/aromatic N) is 5. The smallest absolute Gasteiger partial charge is 0.293 e. The van der Waals surface area contributed by atoms with Crippen LogP contribution in [0.2, 0.25) is 0 Å². The fourth-order valence-electron chi connectivity index (χ4n) is 3.74. The first kappa shape index (κ1) is 18.1. The summed E-state index contributed by atoms with van der Waals surface area (Å²) in [5.74, 6) is 0.649. The van der Waals surface area contributed by atoms with Crippen LogP contribution < -0.4 is 4.90 Å². The summed E-state index contributed by atoms with van der Waals surface area (Å²) in [4.78, 5) is 22.0. The minimum absolute atomic E-state index is 0.0685. The summed E-state index contributed by atoms with van der Waals surface area (Å²) >= 11 is 0. The summed E-state index contributed by atoms with van der Waals surface area (Å²) < 4.78 is 5.34. The van der Waals surface area contributed by atoms with Gasteiger partial charge in [0, 0.05) is 42.2 Å². The average Bonchev–Trinajstić information content (AvgIpc) is 3.24. The average molecular weight is 379 g/mol. The maximum atomic E-state index is 11.8. The van der Waals surface area contributed by atoms with Crippen LogP contribution in [0, 0.1) is 10.1 Å². The van der Waals surface area contributed by atoms with Crippen LogP contribution in [0.25, 0.3) is 22.8 Å². The minimum Gasteiger partial charge on any atom is -0.363 e. The van der Waals surface area contributed by atoms with Crippen LogP contribution in [0.3, 0.4) is 0 Å². The standard InChI is InChI=1S/C20H21N5O3/c1-2-16-7-3-4-11-24(16)17-9-8-14(12-18(17)25(26)27)20-22-19(23-28-20)15-6-5-10-21-13-15/h5-6,8-10,12-13,16H,2-4,7,11H2,1H3. The normalized spacial score (nSPS) is 16.9. The summed E-state index contributed by atoms with van der Waals surface area (Å²) in [5, 5.41) is 15.7. The van der Waals surface area contributed by atoms with Crippen molar-refractivity contribution in [2.24, 2.45) is 0 Å². The molecule has 0 spiro atoms. The van der Waals surface area contributed by atoms with Crippen LogP contribution in [-0.2, 0) is 0 Å². The summed E-state index contributed by atoms with van der Waals surface area (Å²) in [7, 11) is 0. The summed E-state index contributed by atoms with van der Waals surface area (Å²) in [6.45, 7) is 2.96. The monoisotopic (exact) mass is 379 g/mol. The number of piperidine rings is 1. The molecule has 1 fully saturated rings. The SMILES string of the molecule is CCC1CCCCN1c1ccc(-c2nc(-c3cccnc3)no2)cc1[N+](=O)[O-]. The van der Waals surface area contributed by atoms with E-state index >= 15 is 0 Å². The molecular formula is C20H21N5O3.